The van der Waals surface area contributed by atoms with E-state index in [4.69, 9.17) is 10.9 Å². The monoisotopic (exact) mass is 273 g/mol. The predicted octanol–water partition coefficient (Wildman–Crippen LogP) is -0.109. The first kappa shape index (κ1) is 14.3. The lowest BCUT2D eigenvalue weighted by Gasteiger charge is -2.08. The van der Waals surface area contributed by atoms with Crippen LogP contribution in [0.1, 0.15) is 6.42 Å². The Morgan fingerprint density at radius 3 is 2.61 bits per heavy atom. The fraction of sp³-hybridized carbons (Fsp3) is 0.300. The van der Waals surface area contributed by atoms with Crippen LogP contribution >= 0.6 is 0 Å². The first-order chi connectivity index (χ1) is 8.32. The average molecular weight is 273 g/mol. The molecule has 18 heavy (non-hydrogen) atoms. The first-order valence-corrected chi connectivity index (χ1v) is 6.61. The maximum atomic E-state index is 11.2. The number of benzene rings is 1. The molecule has 0 aliphatic rings. The second-order valence-electron chi connectivity index (χ2n) is 3.59. The van der Waals surface area contributed by atoms with Crippen LogP contribution in [0.25, 0.3) is 0 Å². The Kier molecular flexibility index (Phi) is 4.51. The van der Waals surface area contributed by atoms with Crippen LogP contribution < -0.4 is 16.2 Å². The normalized spacial score (nSPS) is 11.0. The van der Waals surface area contributed by atoms with E-state index in [1.807, 2.05) is 0 Å². The van der Waals surface area contributed by atoms with Gasteiger partial charge in [-0.1, -0.05) is 0 Å². The first-order valence-electron chi connectivity index (χ1n) is 5.07. The third-order valence-corrected chi connectivity index (χ3v) is 3.04. The number of primary sulfonamides is 1. The summed E-state index contributed by atoms with van der Waals surface area (Å²) in [5.74, 6) is -0.363. The van der Waals surface area contributed by atoms with E-state index in [0.29, 0.717) is 12.2 Å². The number of esters is 1. The number of sulfonamides is 1. The van der Waals surface area contributed by atoms with Crippen molar-refractivity contribution in [2.45, 2.75) is 11.3 Å². The zero-order valence-corrected chi connectivity index (χ0v) is 10.7. The standard InChI is InChI=1S/C10H15N3O4S/c1-17-10(14)2-3-13-8-4-7(11)5-9(6-8)18(12,15)16/h4-6,13H,2-3,11H2,1H3,(H2,12,15,16). The Morgan fingerprint density at radius 1 is 1.39 bits per heavy atom. The molecule has 0 unspecified atom stereocenters. The number of anilines is 2. The van der Waals surface area contributed by atoms with E-state index in [2.05, 4.69) is 10.1 Å². The molecule has 0 aromatic heterocycles. The van der Waals surface area contributed by atoms with Crippen LogP contribution in [-0.2, 0) is 19.6 Å². The van der Waals surface area contributed by atoms with Crippen molar-refractivity contribution in [1.29, 1.82) is 0 Å². The summed E-state index contributed by atoms with van der Waals surface area (Å²) in [6.45, 7) is 0.306. The molecule has 0 heterocycles. The smallest absolute Gasteiger partial charge is 0.307 e. The summed E-state index contributed by atoms with van der Waals surface area (Å²) in [5, 5.41) is 7.87. The van der Waals surface area contributed by atoms with Gasteiger partial charge in [0, 0.05) is 17.9 Å². The number of methoxy groups -OCH3 is 1. The number of ether oxygens (including phenoxy) is 1. The summed E-state index contributed by atoms with van der Waals surface area (Å²) in [6.07, 6.45) is 0.163. The summed E-state index contributed by atoms with van der Waals surface area (Å²) >= 11 is 0. The van der Waals surface area contributed by atoms with E-state index in [1.165, 1.54) is 19.2 Å². The van der Waals surface area contributed by atoms with Gasteiger partial charge in [0.15, 0.2) is 0 Å². The number of hydrogen-bond acceptors (Lipinski definition) is 6. The largest absolute Gasteiger partial charge is 0.469 e. The summed E-state index contributed by atoms with van der Waals surface area (Å²) in [4.78, 5) is 10.8. The van der Waals surface area contributed by atoms with Crippen LogP contribution in [-0.4, -0.2) is 28.0 Å². The molecule has 0 aliphatic heterocycles. The highest BCUT2D eigenvalue weighted by Crippen LogP contribution is 2.19. The van der Waals surface area contributed by atoms with E-state index >= 15 is 0 Å². The van der Waals surface area contributed by atoms with Crippen LogP contribution in [0.5, 0.6) is 0 Å². The molecule has 100 valence electrons. The maximum Gasteiger partial charge on any atom is 0.307 e. The molecule has 0 saturated carbocycles. The van der Waals surface area contributed by atoms with Gasteiger partial charge in [0.25, 0.3) is 0 Å². The molecule has 8 heteroatoms. The third kappa shape index (κ3) is 4.22. The van der Waals surface area contributed by atoms with Crippen molar-refractivity contribution in [2.75, 3.05) is 24.7 Å². The van der Waals surface area contributed by atoms with Crippen molar-refractivity contribution in [3.63, 3.8) is 0 Å². The molecule has 1 aromatic carbocycles. The molecule has 5 N–H and O–H groups in total. The molecule has 0 aliphatic carbocycles. The van der Waals surface area contributed by atoms with E-state index < -0.39 is 10.0 Å². The Morgan fingerprint density at radius 2 is 2.06 bits per heavy atom. The predicted molar refractivity (Wildman–Crippen MR) is 67.4 cm³/mol. The lowest BCUT2D eigenvalue weighted by atomic mass is 10.2. The Hall–Kier alpha value is -1.80. The number of hydrogen-bond donors (Lipinski definition) is 3. The highest BCUT2D eigenvalue weighted by atomic mass is 32.2. The SMILES string of the molecule is COC(=O)CCNc1cc(N)cc(S(N)(=O)=O)c1. The van der Waals surface area contributed by atoms with Gasteiger partial charge in [0.2, 0.25) is 10.0 Å². The number of carbonyl (C=O) groups excluding carboxylic acids is 1. The fourth-order valence-electron chi connectivity index (χ4n) is 1.30. The van der Waals surface area contributed by atoms with Crippen LogP contribution in [0.3, 0.4) is 0 Å². The second kappa shape index (κ2) is 5.69. The molecule has 7 nitrogen and oxygen atoms in total. The number of nitrogens with two attached hydrogens (primary N) is 2. The molecule has 0 atom stereocenters. The molecule has 0 fully saturated rings. The van der Waals surface area contributed by atoms with Gasteiger partial charge in [0.1, 0.15) is 0 Å². The molecule has 0 spiro atoms. The van der Waals surface area contributed by atoms with Crippen molar-refractivity contribution in [1.82, 2.24) is 0 Å². The quantitative estimate of drug-likeness (QED) is 0.508. The summed E-state index contributed by atoms with van der Waals surface area (Å²) in [7, 11) is -2.51. The highest BCUT2D eigenvalue weighted by Gasteiger charge is 2.10. The molecular formula is C10H15N3O4S. The third-order valence-electron chi connectivity index (χ3n) is 2.14. The van der Waals surface area contributed by atoms with Gasteiger partial charge < -0.3 is 15.8 Å². The van der Waals surface area contributed by atoms with Crippen molar-refractivity contribution < 1.29 is 17.9 Å². The van der Waals surface area contributed by atoms with Crippen molar-refractivity contribution in [3.8, 4) is 0 Å². The van der Waals surface area contributed by atoms with Gasteiger partial charge in [-0.25, -0.2) is 13.6 Å². The van der Waals surface area contributed by atoms with E-state index in [-0.39, 0.29) is 23.0 Å². The van der Waals surface area contributed by atoms with Gasteiger partial charge in [-0.2, -0.15) is 0 Å². The van der Waals surface area contributed by atoms with Gasteiger partial charge >= 0.3 is 5.97 Å². The lowest BCUT2D eigenvalue weighted by Crippen LogP contribution is -2.14. The van der Waals surface area contributed by atoms with Crippen LogP contribution in [0.15, 0.2) is 23.1 Å². The van der Waals surface area contributed by atoms with Crippen LogP contribution in [0.4, 0.5) is 11.4 Å². The average Bonchev–Trinajstić information content (AvgIpc) is 2.27. The minimum atomic E-state index is -3.81. The van der Waals surface area contributed by atoms with Gasteiger partial charge in [-0.3, -0.25) is 4.79 Å². The number of nitrogens with one attached hydrogen (secondary N) is 1. The van der Waals surface area contributed by atoms with E-state index in [1.54, 1.807) is 6.07 Å². The van der Waals surface area contributed by atoms with Gasteiger partial charge in [-0.15, -0.1) is 0 Å². The Labute approximate surface area is 105 Å². The zero-order valence-electron chi connectivity index (χ0n) is 9.84. The minimum absolute atomic E-state index is 0.0805. The molecular weight excluding hydrogens is 258 g/mol. The Bertz CT molecular complexity index is 542. The number of nitrogen functional groups attached to an aromatic ring is 1. The number of rotatable bonds is 5. The zero-order chi connectivity index (χ0) is 13.8. The summed E-state index contributed by atoms with van der Waals surface area (Å²) in [5.41, 5.74) is 6.30. The van der Waals surface area contributed by atoms with Crippen LogP contribution in [0, 0.1) is 0 Å². The van der Waals surface area contributed by atoms with Gasteiger partial charge in [-0.05, 0) is 18.2 Å². The molecule has 0 radical (unpaired) electrons. The highest BCUT2D eigenvalue weighted by molar-refractivity contribution is 7.89. The van der Waals surface area contributed by atoms with Gasteiger partial charge in [0.05, 0.1) is 18.4 Å². The summed E-state index contributed by atoms with van der Waals surface area (Å²) in [6, 6.07) is 4.16. The van der Waals surface area contributed by atoms with Crippen LogP contribution in [0.2, 0.25) is 0 Å². The number of carbonyl (C=O) groups is 1. The van der Waals surface area contributed by atoms with E-state index in [9.17, 15) is 13.2 Å². The fourth-order valence-corrected chi connectivity index (χ4v) is 1.89. The molecule has 0 amide bonds. The molecule has 1 rings (SSSR count). The Balaban J connectivity index is 2.78. The minimum Gasteiger partial charge on any atom is -0.469 e. The maximum absolute atomic E-state index is 11.2. The second-order valence-corrected chi connectivity index (χ2v) is 5.15. The van der Waals surface area contributed by atoms with E-state index in [0.717, 1.165) is 0 Å². The molecule has 1 aromatic rings. The van der Waals surface area contributed by atoms with Crippen molar-refractivity contribution in [3.05, 3.63) is 18.2 Å². The summed E-state index contributed by atoms with van der Waals surface area (Å²) < 4.78 is 26.8. The molecule has 0 saturated heterocycles. The van der Waals surface area contributed by atoms with Crippen molar-refractivity contribution >= 4 is 27.4 Å². The lowest BCUT2D eigenvalue weighted by molar-refractivity contribution is -0.140. The molecule has 0 bridgehead atoms. The topological polar surface area (TPSA) is 125 Å². The van der Waals surface area contributed by atoms with Crippen molar-refractivity contribution in [2.24, 2.45) is 5.14 Å².